The standard InChI is InChI=1S/C21H21NO7/c1-26-12-6-8-14(27-2)13(10-12)18-17(20(24)21(25)22-18)19(23)11-5-7-15(28-3)16(9-11)29-4/h5-10,18,23H,1-4H3,(H,22,25)/b19-17-. The SMILES string of the molecule is COc1ccc(OC)c(C2NC(=O)C(=O)/C2=C(\O)c2ccc(OC)c(OC)c2)c1. The number of hydrogen-bond donors (Lipinski definition) is 2. The number of aliphatic hydroxyl groups is 1. The van der Waals surface area contributed by atoms with E-state index in [1.165, 1.54) is 34.5 Å². The summed E-state index contributed by atoms with van der Waals surface area (Å²) in [6.45, 7) is 0. The second-order valence-electron chi connectivity index (χ2n) is 6.18. The summed E-state index contributed by atoms with van der Waals surface area (Å²) in [5.41, 5.74) is 0.691. The summed E-state index contributed by atoms with van der Waals surface area (Å²) in [4.78, 5) is 24.7. The number of amides is 1. The number of ketones is 1. The molecular formula is C21H21NO7. The van der Waals surface area contributed by atoms with Gasteiger partial charge in [0.2, 0.25) is 0 Å². The Hall–Kier alpha value is -3.68. The Kier molecular flexibility index (Phi) is 5.63. The summed E-state index contributed by atoms with van der Waals surface area (Å²) in [7, 11) is 5.93. The van der Waals surface area contributed by atoms with Gasteiger partial charge in [-0.15, -0.1) is 0 Å². The van der Waals surface area contributed by atoms with E-state index in [2.05, 4.69) is 5.32 Å². The van der Waals surface area contributed by atoms with E-state index < -0.39 is 17.7 Å². The van der Waals surface area contributed by atoms with Crippen LogP contribution in [0.2, 0.25) is 0 Å². The molecule has 0 aliphatic carbocycles. The van der Waals surface area contributed by atoms with E-state index in [-0.39, 0.29) is 11.3 Å². The van der Waals surface area contributed by atoms with Crippen LogP contribution >= 0.6 is 0 Å². The van der Waals surface area contributed by atoms with Crippen molar-refractivity contribution in [1.82, 2.24) is 5.32 Å². The zero-order chi connectivity index (χ0) is 21.1. The molecule has 1 unspecified atom stereocenters. The number of methoxy groups -OCH3 is 4. The van der Waals surface area contributed by atoms with Crippen LogP contribution in [-0.2, 0) is 9.59 Å². The second kappa shape index (κ2) is 8.14. The Bertz CT molecular complexity index is 997. The van der Waals surface area contributed by atoms with E-state index in [0.29, 0.717) is 34.1 Å². The van der Waals surface area contributed by atoms with Crippen LogP contribution in [0.15, 0.2) is 42.0 Å². The van der Waals surface area contributed by atoms with Gasteiger partial charge in [0.15, 0.2) is 11.5 Å². The van der Waals surface area contributed by atoms with Crippen LogP contribution in [0.25, 0.3) is 5.76 Å². The Morgan fingerprint density at radius 1 is 0.862 bits per heavy atom. The van der Waals surface area contributed by atoms with Crippen LogP contribution in [0.4, 0.5) is 0 Å². The third-order valence-corrected chi connectivity index (χ3v) is 4.67. The summed E-state index contributed by atoms with van der Waals surface area (Å²) in [6, 6.07) is 8.78. The molecule has 1 atom stereocenters. The first-order valence-electron chi connectivity index (χ1n) is 8.67. The average Bonchev–Trinajstić information content (AvgIpc) is 3.06. The predicted molar refractivity (Wildman–Crippen MR) is 105 cm³/mol. The molecule has 1 fully saturated rings. The van der Waals surface area contributed by atoms with Gasteiger partial charge in [-0.25, -0.2) is 0 Å². The van der Waals surface area contributed by atoms with Gasteiger partial charge in [-0.2, -0.15) is 0 Å². The Balaban J connectivity index is 2.18. The maximum Gasteiger partial charge on any atom is 0.293 e. The molecule has 8 nitrogen and oxygen atoms in total. The minimum atomic E-state index is -0.909. The predicted octanol–water partition coefficient (Wildman–Crippen LogP) is 2.43. The molecule has 0 saturated carbocycles. The lowest BCUT2D eigenvalue weighted by molar-refractivity contribution is -0.133. The molecule has 152 valence electrons. The lowest BCUT2D eigenvalue weighted by Crippen LogP contribution is -2.21. The largest absolute Gasteiger partial charge is 0.507 e. The average molecular weight is 399 g/mol. The Morgan fingerprint density at radius 3 is 2.14 bits per heavy atom. The van der Waals surface area contributed by atoms with Crippen molar-refractivity contribution >= 4 is 17.4 Å². The number of rotatable bonds is 6. The van der Waals surface area contributed by atoms with E-state index in [9.17, 15) is 14.7 Å². The topological polar surface area (TPSA) is 103 Å². The fourth-order valence-corrected chi connectivity index (χ4v) is 3.20. The van der Waals surface area contributed by atoms with Crippen molar-refractivity contribution < 1.29 is 33.6 Å². The van der Waals surface area contributed by atoms with E-state index in [1.54, 1.807) is 30.3 Å². The molecule has 1 saturated heterocycles. The number of nitrogens with one attached hydrogen (secondary N) is 1. The molecule has 1 amide bonds. The fourth-order valence-electron chi connectivity index (χ4n) is 3.20. The van der Waals surface area contributed by atoms with E-state index in [4.69, 9.17) is 18.9 Å². The van der Waals surface area contributed by atoms with Crippen LogP contribution in [0.5, 0.6) is 23.0 Å². The van der Waals surface area contributed by atoms with Crippen molar-refractivity contribution in [2.24, 2.45) is 0 Å². The molecule has 0 bridgehead atoms. The summed E-state index contributed by atoms with van der Waals surface area (Å²) in [6.07, 6.45) is 0. The number of benzene rings is 2. The molecule has 2 aromatic carbocycles. The molecule has 1 aliphatic rings. The van der Waals surface area contributed by atoms with Crippen LogP contribution in [0.3, 0.4) is 0 Å². The first-order chi connectivity index (χ1) is 13.9. The molecule has 8 heteroatoms. The van der Waals surface area contributed by atoms with Gasteiger partial charge in [0.1, 0.15) is 17.3 Å². The maximum atomic E-state index is 12.6. The Morgan fingerprint density at radius 2 is 1.52 bits per heavy atom. The normalized spacial score (nSPS) is 17.6. The van der Waals surface area contributed by atoms with E-state index in [1.807, 2.05) is 0 Å². The van der Waals surface area contributed by atoms with Crippen LogP contribution in [0.1, 0.15) is 17.2 Å². The molecule has 0 aromatic heterocycles. The first kappa shape index (κ1) is 20.1. The highest BCUT2D eigenvalue weighted by Crippen LogP contribution is 2.39. The number of carbonyl (C=O) groups excluding carboxylic acids is 2. The van der Waals surface area contributed by atoms with E-state index in [0.717, 1.165) is 0 Å². The third-order valence-electron chi connectivity index (χ3n) is 4.67. The molecule has 1 heterocycles. The van der Waals surface area contributed by atoms with Gasteiger partial charge in [0.05, 0.1) is 40.1 Å². The molecule has 2 N–H and O–H groups in total. The van der Waals surface area contributed by atoms with Gasteiger partial charge < -0.3 is 29.4 Å². The zero-order valence-electron chi connectivity index (χ0n) is 16.4. The van der Waals surface area contributed by atoms with Crippen LogP contribution in [-0.4, -0.2) is 45.2 Å². The van der Waals surface area contributed by atoms with Gasteiger partial charge in [0, 0.05) is 11.1 Å². The quantitative estimate of drug-likeness (QED) is 0.437. The maximum absolute atomic E-state index is 12.6. The van der Waals surface area contributed by atoms with Crippen molar-refractivity contribution in [2.45, 2.75) is 6.04 Å². The first-order valence-corrected chi connectivity index (χ1v) is 8.67. The Labute approximate surface area is 167 Å². The summed E-state index contributed by atoms with van der Waals surface area (Å²) in [5.74, 6) is -0.203. The molecule has 2 aromatic rings. The minimum absolute atomic E-state index is 0.0891. The number of ether oxygens (including phenoxy) is 4. The third kappa shape index (κ3) is 3.56. The molecule has 0 spiro atoms. The molecule has 29 heavy (non-hydrogen) atoms. The summed E-state index contributed by atoms with van der Waals surface area (Å²) in [5, 5.41) is 13.5. The molecular weight excluding hydrogens is 378 g/mol. The van der Waals surface area contributed by atoms with Crippen molar-refractivity contribution in [3.05, 3.63) is 53.1 Å². The van der Waals surface area contributed by atoms with Crippen molar-refractivity contribution in [3.63, 3.8) is 0 Å². The molecule has 1 aliphatic heterocycles. The highest BCUT2D eigenvalue weighted by molar-refractivity contribution is 6.46. The molecule has 0 radical (unpaired) electrons. The van der Waals surface area contributed by atoms with Crippen molar-refractivity contribution in [2.75, 3.05) is 28.4 Å². The van der Waals surface area contributed by atoms with Crippen LogP contribution < -0.4 is 24.3 Å². The van der Waals surface area contributed by atoms with Gasteiger partial charge in [-0.3, -0.25) is 9.59 Å². The minimum Gasteiger partial charge on any atom is -0.507 e. The van der Waals surface area contributed by atoms with Gasteiger partial charge in [-0.1, -0.05) is 0 Å². The zero-order valence-corrected chi connectivity index (χ0v) is 16.4. The molecule has 3 rings (SSSR count). The van der Waals surface area contributed by atoms with E-state index >= 15 is 0 Å². The monoisotopic (exact) mass is 399 g/mol. The fraction of sp³-hybridized carbons (Fsp3) is 0.238. The lowest BCUT2D eigenvalue weighted by atomic mass is 9.95. The smallest absolute Gasteiger partial charge is 0.293 e. The van der Waals surface area contributed by atoms with Gasteiger partial charge in [0.25, 0.3) is 11.7 Å². The number of Topliss-reactive ketones (excluding diaryl/α,β-unsaturated/α-hetero) is 1. The highest BCUT2D eigenvalue weighted by Gasteiger charge is 2.41. The van der Waals surface area contributed by atoms with Gasteiger partial charge >= 0.3 is 0 Å². The lowest BCUT2D eigenvalue weighted by Gasteiger charge is -2.18. The van der Waals surface area contributed by atoms with Crippen molar-refractivity contribution in [1.29, 1.82) is 0 Å². The number of carbonyl (C=O) groups is 2. The number of hydrogen-bond acceptors (Lipinski definition) is 7. The second-order valence-corrected chi connectivity index (χ2v) is 6.18. The summed E-state index contributed by atoms with van der Waals surface area (Å²) >= 11 is 0. The highest BCUT2D eigenvalue weighted by atomic mass is 16.5. The number of aliphatic hydroxyl groups excluding tert-OH is 1. The van der Waals surface area contributed by atoms with Crippen molar-refractivity contribution in [3.8, 4) is 23.0 Å². The van der Waals surface area contributed by atoms with Gasteiger partial charge in [-0.05, 0) is 36.4 Å². The van der Waals surface area contributed by atoms with Crippen LogP contribution in [0, 0.1) is 0 Å². The summed E-state index contributed by atoms with van der Waals surface area (Å²) < 4.78 is 21.1.